The average Bonchev–Trinajstić information content (AvgIpc) is 3.54. The van der Waals surface area contributed by atoms with E-state index in [9.17, 15) is 14.4 Å². The molecule has 0 radical (unpaired) electrons. The van der Waals surface area contributed by atoms with Gasteiger partial charge in [0.15, 0.2) is 5.65 Å². The van der Waals surface area contributed by atoms with Gasteiger partial charge in [0.25, 0.3) is 11.8 Å². The van der Waals surface area contributed by atoms with E-state index in [4.69, 9.17) is 4.74 Å². The monoisotopic (exact) mass is 433 g/mol. The number of carbonyl (C=O) groups excluding carboxylic acids is 3. The van der Waals surface area contributed by atoms with Gasteiger partial charge in [-0.1, -0.05) is 18.9 Å². The first-order valence-corrected chi connectivity index (χ1v) is 10.8. The van der Waals surface area contributed by atoms with Crippen LogP contribution in [0, 0.1) is 5.92 Å². The first-order valence-electron chi connectivity index (χ1n) is 10.8. The topological polar surface area (TPSA) is 115 Å². The van der Waals surface area contributed by atoms with Crippen LogP contribution >= 0.6 is 0 Å². The highest BCUT2D eigenvalue weighted by molar-refractivity contribution is 5.98. The van der Waals surface area contributed by atoms with Crippen LogP contribution in [-0.4, -0.2) is 38.9 Å². The molecule has 32 heavy (non-hydrogen) atoms. The smallest absolute Gasteiger partial charge is 0.315 e. The number of aromatic nitrogens is 3. The van der Waals surface area contributed by atoms with Crippen molar-refractivity contribution in [1.82, 2.24) is 25.2 Å². The van der Waals surface area contributed by atoms with E-state index in [1.807, 2.05) is 6.07 Å². The van der Waals surface area contributed by atoms with Crippen LogP contribution in [0.25, 0.3) is 5.65 Å². The SMILES string of the molecule is O=C1Cc2cc(CNC(=O)c3cc(C(=O)NCC4CCCC4)n4nccc4n3)ccc2O1. The van der Waals surface area contributed by atoms with E-state index in [1.165, 1.54) is 23.4 Å². The van der Waals surface area contributed by atoms with Gasteiger partial charge in [-0.3, -0.25) is 14.4 Å². The lowest BCUT2D eigenvalue weighted by Crippen LogP contribution is -2.31. The minimum atomic E-state index is -0.397. The van der Waals surface area contributed by atoms with E-state index in [1.54, 1.807) is 24.4 Å². The Labute approximate surface area is 184 Å². The maximum Gasteiger partial charge on any atom is 0.315 e. The van der Waals surface area contributed by atoms with Crippen molar-refractivity contribution in [3.8, 4) is 5.75 Å². The van der Waals surface area contributed by atoms with Crippen LogP contribution in [0.15, 0.2) is 36.5 Å². The van der Waals surface area contributed by atoms with Crippen molar-refractivity contribution < 1.29 is 19.1 Å². The number of hydrogen-bond donors (Lipinski definition) is 2. The summed E-state index contributed by atoms with van der Waals surface area (Å²) in [5, 5.41) is 9.98. The number of nitrogens with zero attached hydrogens (tertiary/aromatic N) is 3. The highest BCUT2D eigenvalue weighted by Gasteiger charge is 2.22. The zero-order valence-electron chi connectivity index (χ0n) is 17.5. The molecule has 2 aromatic heterocycles. The molecular formula is C23H23N5O4. The zero-order valence-corrected chi connectivity index (χ0v) is 17.5. The number of carbonyl (C=O) groups is 3. The molecule has 2 aliphatic rings. The summed E-state index contributed by atoms with van der Waals surface area (Å²) in [6, 6.07) is 8.49. The van der Waals surface area contributed by atoms with Gasteiger partial charge in [0.05, 0.1) is 12.6 Å². The normalized spacial score (nSPS) is 15.6. The molecular weight excluding hydrogens is 410 g/mol. The van der Waals surface area contributed by atoms with E-state index in [0.717, 1.165) is 24.0 Å². The van der Waals surface area contributed by atoms with Crippen LogP contribution < -0.4 is 15.4 Å². The van der Waals surface area contributed by atoms with Gasteiger partial charge < -0.3 is 15.4 Å². The molecule has 164 valence electrons. The number of amides is 2. The Morgan fingerprint density at radius 2 is 1.94 bits per heavy atom. The third kappa shape index (κ3) is 4.05. The molecule has 0 bridgehead atoms. The van der Waals surface area contributed by atoms with E-state index < -0.39 is 5.91 Å². The van der Waals surface area contributed by atoms with Crippen molar-refractivity contribution in [3.05, 3.63) is 59.0 Å². The lowest BCUT2D eigenvalue weighted by atomic mass is 10.1. The van der Waals surface area contributed by atoms with Crippen molar-refractivity contribution >= 4 is 23.4 Å². The number of rotatable bonds is 6. The molecule has 2 N–H and O–H groups in total. The summed E-state index contributed by atoms with van der Waals surface area (Å²) in [6.07, 6.45) is 6.45. The predicted molar refractivity (Wildman–Crippen MR) is 114 cm³/mol. The number of nitrogens with one attached hydrogen (secondary N) is 2. The first kappa shape index (κ1) is 20.2. The predicted octanol–water partition coefficient (Wildman–Crippen LogP) is 2.04. The lowest BCUT2D eigenvalue weighted by molar-refractivity contribution is -0.131. The Bertz CT molecular complexity index is 1210. The van der Waals surface area contributed by atoms with Crippen molar-refractivity contribution in [3.63, 3.8) is 0 Å². The molecule has 1 saturated carbocycles. The summed E-state index contributed by atoms with van der Waals surface area (Å²) in [6.45, 7) is 0.881. The Morgan fingerprint density at radius 3 is 2.78 bits per heavy atom. The number of hydrogen-bond acceptors (Lipinski definition) is 6. The molecule has 3 aromatic rings. The maximum atomic E-state index is 12.8. The number of benzene rings is 1. The Morgan fingerprint density at radius 1 is 1.09 bits per heavy atom. The van der Waals surface area contributed by atoms with Crippen LogP contribution in [-0.2, 0) is 17.8 Å². The Hall–Kier alpha value is -3.75. The molecule has 9 heteroatoms. The maximum absolute atomic E-state index is 12.8. The molecule has 0 spiro atoms. The standard InChI is InChI=1S/C23H23N5O4/c29-21-10-16-9-15(5-6-19(16)32-21)13-24-22(30)17-11-18(28-20(27-17)7-8-26-28)23(31)25-12-14-3-1-2-4-14/h5-9,11,14H,1-4,10,12-13H2,(H,24,30)(H,25,31). The molecule has 1 aliphatic carbocycles. The largest absolute Gasteiger partial charge is 0.426 e. The molecule has 0 atom stereocenters. The van der Waals surface area contributed by atoms with Crippen LogP contribution in [0.1, 0.15) is 57.8 Å². The molecule has 1 fully saturated rings. The first-order chi connectivity index (χ1) is 15.6. The minimum Gasteiger partial charge on any atom is -0.426 e. The van der Waals surface area contributed by atoms with Crippen LogP contribution in [0.2, 0.25) is 0 Å². The van der Waals surface area contributed by atoms with Crippen molar-refractivity contribution in [2.75, 3.05) is 6.54 Å². The van der Waals surface area contributed by atoms with Crippen molar-refractivity contribution in [1.29, 1.82) is 0 Å². The Balaban J connectivity index is 1.30. The minimum absolute atomic E-state index is 0.142. The van der Waals surface area contributed by atoms with Gasteiger partial charge in [0, 0.05) is 30.8 Å². The summed E-state index contributed by atoms with van der Waals surface area (Å²) in [5.41, 5.74) is 2.49. The summed E-state index contributed by atoms with van der Waals surface area (Å²) >= 11 is 0. The quantitative estimate of drug-likeness (QED) is 0.454. The number of fused-ring (bicyclic) bond motifs is 2. The van der Waals surface area contributed by atoms with E-state index in [0.29, 0.717) is 23.9 Å². The molecule has 0 unspecified atom stereocenters. The van der Waals surface area contributed by atoms with Gasteiger partial charge in [0.1, 0.15) is 17.1 Å². The van der Waals surface area contributed by atoms with E-state index in [2.05, 4.69) is 20.7 Å². The zero-order chi connectivity index (χ0) is 22.1. The summed E-state index contributed by atoms with van der Waals surface area (Å²) in [7, 11) is 0. The van der Waals surface area contributed by atoms with E-state index in [-0.39, 0.29) is 36.2 Å². The van der Waals surface area contributed by atoms with Gasteiger partial charge in [0.2, 0.25) is 0 Å². The van der Waals surface area contributed by atoms with Crippen molar-refractivity contribution in [2.24, 2.45) is 5.92 Å². The summed E-state index contributed by atoms with van der Waals surface area (Å²) in [4.78, 5) is 41.4. The summed E-state index contributed by atoms with van der Waals surface area (Å²) < 4.78 is 6.54. The Kier molecular flexibility index (Phi) is 5.30. The van der Waals surface area contributed by atoms with Crippen LogP contribution in [0.5, 0.6) is 5.75 Å². The van der Waals surface area contributed by atoms with E-state index >= 15 is 0 Å². The lowest BCUT2D eigenvalue weighted by Gasteiger charge is -2.12. The second-order valence-corrected chi connectivity index (χ2v) is 8.26. The summed E-state index contributed by atoms with van der Waals surface area (Å²) in [5.74, 6) is 0.116. The fourth-order valence-electron chi connectivity index (χ4n) is 4.30. The molecule has 0 saturated heterocycles. The third-order valence-corrected chi connectivity index (χ3v) is 5.99. The third-order valence-electron chi connectivity index (χ3n) is 5.99. The molecule has 3 heterocycles. The van der Waals surface area contributed by atoms with Crippen LogP contribution in [0.4, 0.5) is 0 Å². The molecule has 9 nitrogen and oxygen atoms in total. The van der Waals surface area contributed by atoms with Gasteiger partial charge in [-0.15, -0.1) is 0 Å². The second kappa shape index (κ2) is 8.41. The number of esters is 1. The number of ether oxygens (including phenoxy) is 1. The fourth-order valence-corrected chi connectivity index (χ4v) is 4.30. The molecule has 2 amide bonds. The second-order valence-electron chi connectivity index (χ2n) is 8.26. The van der Waals surface area contributed by atoms with Gasteiger partial charge in [-0.25, -0.2) is 9.50 Å². The average molecular weight is 433 g/mol. The fraction of sp³-hybridized carbons (Fsp3) is 0.348. The highest BCUT2D eigenvalue weighted by Crippen LogP contribution is 2.26. The molecule has 1 aliphatic heterocycles. The van der Waals surface area contributed by atoms with Gasteiger partial charge in [-0.05, 0) is 36.5 Å². The highest BCUT2D eigenvalue weighted by atomic mass is 16.5. The van der Waals surface area contributed by atoms with Gasteiger partial charge in [-0.2, -0.15) is 5.10 Å². The molecule has 5 rings (SSSR count). The van der Waals surface area contributed by atoms with Crippen LogP contribution in [0.3, 0.4) is 0 Å². The molecule has 1 aromatic carbocycles. The van der Waals surface area contributed by atoms with Gasteiger partial charge >= 0.3 is 5.97 Å². The van der Waals surface area contributed by atoms with Crippen molar-refractivity contribution in [2.45, 2.75) is 38.6 Å².